The molecule has 0 spiro atoms. The van der Waals surface area contributed by atoms with Crippen LogP contribution in [-0.2, 0) is 17.6 Å². The van der Waals surface area contributed by atoms with Gasteiger partial charge in [-0.05, 0) is 41.9 Å². The largest absolute Gasteiger partial charge is 0.379 e. The van der Waals surface area contributed by atoms with Gasteiger partial charge in [-0.15, -0.1) is 0 Å². The summed E-state index contributed by atoms with van der Waals surface area (Å²) in [6, 6.07) is 6.20. The highest BCUT2D eigenvalue weighted by atomic mass is 16.5. The van der Waals surface area contributed by atoms with Crippen molar-refractivity contribution >= 4 is 5.91 Å². The van der Waals surface area contributed by atoms with Gasteiger partial charge in [0.25, 0.3) is 5.91 Å². The van der Waals surface area contributed by atoms with Gasteiger partial charge in [-0.3, -0.25) is 9.69 Å². The smallest absolute Gasteiger partial charge is 0.253 e. The first kappa shape index (κ1) is 17.4. The van der Waals surface area contributed by atoms with Gasteiger partial charge in [-0.1, -0.05) is 26.0 Å². The number of nitrogens with zero attached hydrogens (tertiary/aromatic N) is 2. The molecule has 1 saturated heterocycles. The predicted octanol–water partition coefficient (Wildman–Crippen LogP) is 2.61. The molecule has 0 bridgehead atoms. The van der Waals surface area contributed by atoms with E-state index in [-0.39, 0.29) is 11.3 Å². The number of hydrogen-bond acceptors (Lipinski definition) is 3. The van der Waals surface area contributed by atoms with E-state index in [0.29, 0.717) is 0 Å². The van der Waals surface area contributed by atoms with E-state index in [0.717, 1.165) is 57.8 Å². The van der Waals surface area contributed by atoms with Crippen LogP contribution in [0.25, 0.3) is 0 Å². The fourth-order valence-electron chi connectivity index (χ4n) is 4.15. The summed E-state index contributed by atoms with van der Waals surface area (Å²) < 4.78 is 5.43. The van der Waals surface area contributed by atoms with Crippen LogP contribution in [0.3, 0.4) is 0 Å². The third kappa shape index (κ3) is 3.98. The molecule has 0 aromatic heterocycles. The van der Waals surface area contributed by atoms with Crippen molar-refractivity contribution in [2.24, 2.45) is 5.41 Å². The molecule has 0 unspecified atom stereocenters. The van der Waals surface area contributed by atoms with Gasteiger partial charge < -0.3 is 9.64 Å². The summed E-state index contributed by atoms with van der Waals surface area (Å²) in [6.07, 6.45) is 3.33. The van der Waals surface area contributed by atoms with Crippen molar-refractivity contribution in [3.8, 4) is 0 Å². The van der Waals surface area contributed by atoms with Crippen LogP contribution in [0.2, 0.25) is 0 Å². The molecule has 0 saturated carbocycles. The van der Waals surface area contributed by atoms with Crippen molar-refractivity contribution in [1.82, 2.24) is 9.80 Å². The molecule has 4 heteroatoms. The molecule has 4 nitrogen and oxygen atoms in total. The molecular weight excluding hydrogens is 300 g/mol. The highest BCUT2D eigenvalue weighted by molar-refractivity contribution is 5.96. The third-order valence-corrected chi connectivity index (χ3v) is 5.14. The standard InChI is InChI=1S/C20H30N2O2/c1-20(2,15-22-10-12-24-13-11-22)14-21(3)19(23)18-9-5-7-16-6-4-8-17(16)18/h5,7,9H,4,6,8,10-15H2,1-3H3. The molecular formula is C20H30N2O2. The minimum Gasteiger partial charge on any atom is -0.379 e. The van der Waals surface area contributed by atoms with Gasteiger partial charge in [-0.25, -0.2) is 0 Å². The van der Waals surface area contributed by atoms with Crippen LogP contribution in [0.1, 0.15) is 41.8 Å². The number of hydrogen-bond donors (Lipinski definition) is 0. The Kier molecular flexibility index (Phi) is 5.26. The lowest BCUT2D eigenvalue weighted by molar-refractivity contribution is 0.0163. The van der Waals surface area contributed by atoms with Gasteiger partial charge in [0.2, 0.25) is 0 Å². The van der Waals surface area contributed by atoms with Crippen LogP contribution in [0.5, 0.6) is 0 Å². The maximum Gasteiger partial charge on any atom is 0.253 e. The van der Waals surface area contributed by atoms with Gasteiger partial charge in [-0.2, -0.15) is 0 Å². The highest BCUT2D eigenvalue weighted by Gasteiger charge is 2.28. The number of morpholine rings is 1. The Hall–Kier alpha value is -1.39. The average molecular weight is 330 g/mol. The van der Waals surface area contributed by atoms with Crippen molar-refractivity contribution < 1.29 is 9.53 Å². The normalized spacial score (nSPS) is 18.5. The molecule has 0 radical (unpaired) electrons. The second-order valence-electron chi connectivity index (χ2n) is 8.01. The first-order chi connectivity index (χ1) is 11.5. The molecule has 0 atom stereocenters. The molecule has 1 aromatic carbocycles. The van der Waals surface area contributed by atoms with Crippen molar-refractivity contribution in [3.05, 3.63) is 34.9 Å². The average Bonchev–Trinajstić information content (AvgIpc) is 3.02. The fraction of sp³-hybridized carbons (Fsp3) is 0.650. The number of amides is 1. The van der Waals surface area contributed by atoms with Crippen molar-refractivity contribution in [2.45, 2.75) is 33.1 Å². The lowest BCUT2D eigenvalue weighted by Crippen LogP contribution is -2.46. The first-order valence-corrected chi connectivity index (χ1v) is 9.13. The Morgan fingerprint density at radius 2 is 2.00 bits per heavy atom. The molecule has 1 heterocycles. The number of ether oxygens (including phenoxy) is 1. The summed E-state index contributed by atoms with van der Waals surface area (Å²) in [5.74, 6) is 0.170. The van der Waals surface area contributed by atoms with Gasteiger partial charge in [0.1, 0.15) is 0 Å². The summed E-state index contributed by atoms with van der Waals surface area (Å²) >= 11 is 0. The molecule has 132 valence electrons. The summed E-state index contributed by atoms with van der Waals surface area (Å²) in [7, 11) is 1.94. The van der Waals surface area contributed by atoms with Crippen LogP contribution in [0, 0.1) is 5.41 Å². The highest BCUT2D eigenvalue weighted by Crippen LogP contribution is 2.27. The van der Waals surface area contributed by atoms with Crippen molar-refractivity contribution in [3.63, 3.8) is 0 Å². The van der Waals surface area contributed by atoms with Crippen LogP contribution in [-0.4, -0.2) is 62.1 Å². The predicted molar refractivity (Wildman–Crippen MR) is 96.5 cm³/mol. The quantitative estimate of drug-likeness (QED) is 0.832. The lowest BCUT2D eigenvalue weighted by Gasteiger charge is -2.37. The van der Waals surface area contributed by atoms with E-state index >= 15 is 0 Å². The molecule has 1 fully saturated rings. The van der Waals surface area contributed by atoms with Gasteiger partial charge in [0.05, 0.1) is 13.2 Å². The van der Waals surface area contributed by atoms with E-state index in [1.165, 1.54) is 17.5 Å². The van der Waals surface area contributed by atoms with Gasteiger partial charge in [0, 0.05) is 38.8 Å². The van der Waals surface area contributed by atoms with E-state index in [1.54, 1.807) is 0 Å². The Morgan fingerprint density at radius 3 is 2.75 bits per heavy atom. The summed E-state index contributed by atoms with van der Waals surface area (Å²) in [5, 5.41) is 0. The minimum atomic E-state index is 0.0691. The Morgan fingerprint density at radius 1 is 1.25 bits per heavy atom. The Balaban J connectivity index is 1.64. The van der Waals surface area contributed by atoms with Gasteiger partial charge >= 0.3 is 0 Å². The summed E-state index contributed by atoms with van der Waals surface area (Å²) in [4.78, 5) is 17.3. The molecule has 3 rings (SSSR count). The molecule has 1 aliphatic heterocycles. The van der Waals surface area contributed by atoms with Gasteiger partial charge in [0.15, 0.2) is 0 Å². The zero-order valence-electron chi connectivity index (χ0n) is 15.3. The SMILES string of the molecule is CN(CC(C)(C)CN1CCOCC1)C(=O)c1cccc2c1CCC2. The topological polar surface area (TPSA) is 32.8 Å². The molecule has 24 heavy (non-hydrogen) atoms. The first-order valence-electron chi connectivity index (χ1n) is 9.13. The van der Waals surface area contributed by atoms with Crippen molar-refractivity contribution in [2.75, 3.05) is 46.4 Å². The fourth-order valence-corrected chi connectivity index (χ4v) is 4.15. The molecule has 2 aliphatic rings. The van der Waals surface area contributed by atoms with E-state index in [9.17, 15) is 4.79 Å². The van der Waals surface area contributed by atoms with E-state index < -0.39 is 0 Å². The number of rotatable bonds is 5. The third-order valence-electron chi connectivity index (χ3n) is 5.14. The number of carbonyl (C=O) groups excluding carboxylic acids is 1. The number of benzene rings is 1. The van der Waals surface area contributed by atoms with Crippen LogP contribution in [0.4, 0.5) is 0 Å². The summed E-state index contributed by atoms with van der Waals surface area (Å²) in [6.45, 7) is 9.90. The Bertz CT molecular complexity index is 591. The minimum absolute atomic E-state index is 0.0691. The molecule has 1 aliphatic carbocycles. The van der Waals surface area contributed by atoms with Crippen LogP contribution < -0.4 is 0 Å². The number of carbonyl (C=O) groups is 1. The maximum atomic E-state index is 13.0. The van der Waals surface area contributed by atoms with E-state index in [1.807, 2.05) is 24.1 Å². The van der Waals surface area contributed by atoms with E-state index in [4.69, 9.17) is 4.74 Å². The number of aryl methyl sites for hydroxylation is 1. The lowest BCUT2D eigenvalue weighted by atomic mass is 9.91. The monoisotopic (exact) mass is 330 g/mol. The summed E-state index contributed by atoms with van der Waals surface area (Å²) in [5.41, 5.74) is 3.62. The van der Waals surface area contributed by atoms with Crippen LogP contribution >= 0.6 is 0 Å². The van der Waals surface area contributed by atoms with Crippen molar-refractivity contribution in [1.29, 1.82) is 0 Å². The Labute approximate surface area is 145 Å². The molecule has 1 aromatic rings. The van der Waals surface area contributed by atoms with E-state index in [2.05, 4.69) is 24.8 Å². The zero-order chi connectivity index (χ0) is 17.2. The molecule has 0 N–H and O–H groups in total. The molecule has 1 amide bonds. The zero-order valence-corrected chi connectivity index (χ0v) is 15.3. The van der Waals surface area contributed by atoms with Crippen LogP contribution in [0.15, 0.2) is 18.2 Å². The second kappa shape index (κ2) is 7.24. The maximum absolute atomic E-state index is 13.0. The second-order valence-corrected chi connectivity index (χ2v) is 8.01. The number of fused-ring (bicyclic) bond motifs is 1.